The minimum atomic E-state index is -1.28. The first-order chi connectivity index (χ1) is 13.0. The minimum Gasteiger partial charge on any atom is -0.476 e. The van der Waals surface area contributed by atoms with Gasteiger partial charge in [0.15, 0.2) is 5.69 Å². The quantitative estimate of drug-likeness (QED) is 0.551. The van der Waals surface area contributed by atoms with Gasteiger partial charge in [-0.05, 0) is 18.2 Å². The number of aromatic nitrogens is 4. The number of rotatable bonds is 4. The van der Waals surface area contributed by atoms with Crippen molar-refractivity contribution >= 4 is 51.1 Å². The van der Waals surface area contributed by atoms with Gasteiger partial charge in [0.05, 0.1) is 22.8 Å². The summed E-state index contributed by atoms with van der Waals surface area (Å²) in [5.41, 5.74) is 0.814. The topological polar surface area (TPSA) is 127 Å². The van der Waals surface area contributed by atoms with Gasteiger partial charge in [-0.2, -0.15) is 13.8 Å². The lowest BCUT2D eigenvalue weighted by atomic mass is 10.1. The van der Waals surface area contributed by atoms with Crippen LogP contribution in [0.3, 0.4) is 0 Å². The summed E-state index contributed by atoms with van der Waals surface area (Å²) in [5, 5.41) is 16.3. The van der Waals surface area contributed by atoms with Crippen LogP contribution in [0.25, 0.3) is 21.8 Å². The Kier molecular flexibility index (Phi) is 4.09. The molecule has 0 fully saturated rings. The Morgan fingerprint density at radius 2 is 1.85 bits per heavy atom. The van der Waals surface area contributed by atoms with Gasteiger partial charge in [0.25, 0.3) is 5.56 Å². The molecule has 0 atom stereocenters. The standard InChI is InChI=1S/C17H11N5O4S/c23-13(18-11-6-3-7-12-15(11)21-27-20-12)8-22-16(24)10-5-2-1-4-9(10)14(19-22)17(25)26/h1-7H,8H2,(H,18,23)(H,25,26). The van der Waals surface area contributed by atoms with E-state index in [9.17, 15) is 19.5 Å². The molecule has 0 aliphatic heterocycles. The number of nitrogens with zero attached hydrogens (tertiary/aromatic N) is 4. The largest absolute Gasteiger partial charge is 0.476 e. The number of anilines is 1. The smallest absolute Gasteiger partial charge is 0.357 e. The second-order valence-corrected chi connectivity index (χ2v) is 6.18. The Hall–Kier alpha value is -3.66. The molecule has 0 aliphatic carbocycles. The van der Waals surface area contributed by atoms with E-state index in [0.717, 1.165) is 16.4 Å². The van der Waals surface area contributed by atoms with Crippen molar-refractivity contribution < 1.29 is 14.7 Å². The number of carbonyl (C=O) groups is 2. The van der Waals surface area contributed by atoms with E-state index in [0.29, 0.717) is 16.7 Å². The van der Waals surface area contributed by atoms with Crippen LogP contribution >= 0.6 is 11.7 Å². The van der Waals surface area contributed by atoms with Crippen molar-refractivity contribution in [3.05, 3.63) is 58.5 Å². The van der Waals surface area contributed by atoms with Crippen LogP contribution in [0.5, 0.6) is 0 Å². The molecule has 10 heteroatoms. The van der Waals surface area contributed by atoms with Gasteiger partial charge in [0.2, 0.25) is 5.91 Å². The molecule has 134 valence electrons. The van der Waals surface area contributed by atoms with Crippen molar-refractivity contribution in [2.24, 2.45) is 0 Å². The molecule has 2 aromatic carbocycles. The molecule has 4 aromatic rings. The van der Waals surface area contributed by atoms with Crippen LogP contribution in [0.4, 0.5) is 5.69 Å². The monoisotopic (exact) mass is 381 g/mol. The van der Waals surface area contributed by atoms with Crippen molar-refractivity contribution in [1.29, 1.82) is 0 Å². The van der Waals surface area contributed by atoms with Crippen LogP contribution in [0.2, 0.25) is 0 Å². The van der Waals surface area contributed by atoms with Crippen molar-refractivity contribution in [2.75, 3.05) is 5.32 Å². The summed E-state index contributed by atoms with van der Waals surface area (Å²) in [7, 11) is 0. The molecule has 0 bridgehead atoms. The summed E-state index contributed by atoms with van der Waals surface area (Å²) in [6.07, 6.45) is 0. The first kappa shape index (κ1) is 16.8. The number of fused-ring (bicyclic) bond motifs is 2. The molecule has 0 saturated heterocycles. The lowest BCUT2D eigenvalue weighted by Crippen LogP contribution is -2.31. The molecule has 2 N–H and O–H groups in total. The van der Waals surface area contributed by atoms with E-state index in [1.54, 1.807) is 30.3 Å². The predicted molar refractivity (Wildman–Crippen MR) is 99.0 cm³/mol. The molecule has 2 aromatic heterocycles. The number of amides is 1. The van der Waals surface area contributed by atoms with Gasteiger partial charge in [-0.15, -0.1) is 0 Å². The summed E-state index contributed by atoms with van der Waals surface area (Å²) in [5.74, 6) is -1.81. The third-order valence-electron chi connectivity index (χ3n) is 3.92. The number of hydrogen-bond acceptors (Lipinski definition) is 7. The summed E-state index contributed by atoms with van der Waals surface area (Å²) >= 11 is 1.02. The van der Waals surface area contributed by atoms with Crippen LogP contribution < -0.4 is 10.9 Å². The van der Waals surface area contributed by atoms with Gasteiger partial charge in [0.1, 0.15) is 17.6 Å². The molecule has 27 heavy (non-hydrogen) atoms. The van der Waals surface area contributed by atoms with Crippen LogP contribution in [0.15, 0.2) is 47.3 Å². The highest BCUT2D eigenvalue weighted by atomic mass is 32.1. The Morgan fingerprint density at radius 1 is 1.07 bits per heavy atom. The molecule has 9 nitrogen and oxygen atoms in total. The Morgan fingerprint density at radius 3 is 2.63 bits per heavy atom. The van der Waals surface area contributed by atoms with Crippen LogP contribution in [-0.2, 0) is 11.3 Å². The van der Waals surface area contributed by atoms with E-state index in [1.165, 1.54) is 12.1 Å². The molecule has 0 saturated carbocycles. The third kappa shape index (κ3) is 3.02. The number of carboxylic acids is 1. The van der Waals surface area contributed by atoms with Crippen molar-refractivity contribution in [2.45, 2.75) is 6.54 Å². The first-order valence-corrected chi connectivity index (χ1v) is 8.52. The molecule has 2 heterocycles. The van der Waals surface area contributed by atoms with Gasteiger partial charge >= 0.3 is 5.97 Å². The molecular weight excluding hydrogens is 370 g/mol. The zero-order chi connectivity index (χ0) is 19.0. The highest BCUT2D eigenvalue weighted by Gasteiger charge is 2.17. The molecule has 1 amide bonds. The fourth-order valence-corrected chi connectivity index (χ4v) is 3.28. The van der Waals surface area contributed by atoms with E-state index in [1.807, 2.05) is 0 Å². The number of benzene rings is 2. The van der Waals surface area contributed by atoms with Gasteiger partial charge in [-0.25, -0.2) is 9.48 Å². The highest BCUT2D eigenvalue weighted by molar-refractivity contribution is 7.00. The number of carbonyl (C=O) groups excluding carboxylic acids is 1. The summed E-state index contributed by atoms with van der Waals surface area (Å²) in [6.45, 7) is -0.433. The Balaban J connectivity index is 1.70. The summed E-state index contributed by atoms with van der Waals surface area (Å²) < 4.78 is 9.07. The van der Waals surface area contributed by atoms with E-state index < -0.39 is 24.0 Å². The minimum absolute atomic E-state index is 0.184. The second kappa shape index (κ2) is 6.57. The molecule has 0 aliphatic rings. The number of carboxylic acid groups (broad SMARTS) is 1. The summed E-state index contributed by atoms with van der Waals surface area (Å²) in [4.78, 5) is 36.5. The summed E-state index contributed by atoms with van der Waals surface area (Å²) in [6, 6.07) is 11.4. The second-order valence-electron chi connectivity index (χ2n) is 5.65. The zero-order valence-electron chi connectivity index (χ0n) is 13.6. The molecular formula is C17H11N5O4S. The van der Waals surface area contributed by atoms with E-state index in [4.69, 9.17) is 0 Å². The zero-order valence-corrected chi connectivity index (χ0v) is 14.4. The maximum absolute atomic E-state index is 12.6. The molecule has 0 spiro atoms. The van der Waals surface area contributed by atoms with Gasteiger partial charge < -0.3 is 10.4 Å². The molecule has 4 rings (SSSR count). The lowest BCUT2D eigenvalue weighted by molar-refractivity contribution is -0.117. The van der Waals surface area contributed by atoms with Gasteiger partial charge in [0, 0.05) is 5.39 Å². The average Bonchev–Trinajstić information content (AvgIpc) is 3.14. The highest BCUT2D eigenvalue weighted by Crippen LogP contribution is 2.21. The molecule has 0 unspecified atom stereocenters. The Labute approximate surface area is 155 Å². The molecule has 0 radical (unpaired) electrons. The van der Waals surface area contributed by atoms with Crippen molar-refractivity contribution in [1.82, 2.24) is 18.5 Å². The van der Waals surface area contributed by atoms with Crippen LogP contribution in [0, 0.1) is 0 Å². The van der Waals surface area contributed by atoms with Crippen LogP contribution in [0.1, 0.15) is 10.5 Å². The van der Waals surface area contributed by atoms with Gasteiger partial charge in [-0.3, -0.25) is 9.59 Å². The lowest BCUT2D eigenvalue weighted by Gasteiger charge is -2.09. The average molecular weight is 381 g/mol. The number of nitrogens with one attached hydrogen (secondary N) is 1. The van der Waals surface area contributed by atoms with E-state index >= 15 is 0 Å². The van der Waals surface area contributed by atoms with E-state index in [-0.39, 0.29) is 16.5 Å². The normalized spacial score (nSPS) is 11.0. The maximum atomic E-state index is 12.6. The first-order valence-electron chi connectivity index (χ1n) is 7.79. The number of aromatic carboxylic acids is 1. The SMILES string of the molecule is O=C(Cn1nc(C(=O)O)c2ccccc2c1=O)Nc1cccc2nsnc12. The van der Waals surface area contributed by atoms with E-state index in [2.05, 4.69) is 19.2 Å². The van der Waals surface area contributed by atoms with Crippen LogP contribution in [-0.4, -0.2) is 35.5 Å². The maximum Gasteiger partial charge on any atom is 0.357 e. The van der Waals surface area contributed by atoms with Crippen molar-refractivity contribution in [3.8, 4) is 0 Å². The van der Waals surface area contributed by atoms with Gasteiger partial charge in [-0.1, -0.05) is 24.3 Å². The number of hydrogen-bond donors (Lipinski definition) is 2. The fraction of sp³-hybridized carbons (Fsp3) is 0.0588. The fourth-order valence-electron chi connectivity index (χ4n) is 2.73. The predicted octanol–water partition coefficient (Wildman–Crippen LogP) is 1.74. The third-order valence-corrected chi connectivity index (χ3v) is 4.47. The van der Waals surface area contributed by atoms with Crippen molar-refractivity contribution in [3.63, 3.8) is 0 Å². The Bertz CT molecular complexity index is 1260.